The van der Waals surface area contributed by atoms with Crippen LogP contribution in [0.25, 0.3) is 10.9 Å². The second-order valence-corrected chi connectivity index (χ2v) is 3.98. The van der Waals surface area contributed by atoms with Crippen molar-refractivity contribution in [2.75, 3.05) is 0 Å². The molecule has 0 aliphatic carbocycles. The Morgan fingerprint density at radius 2 is 1.88 bits per heavy atom. The first-order valence-corrected chi connectivity index (χ1v) is 5.11. The molecular weight excluding hydrogens is 202 g/mol. The molecule has 3 nitrogen and oxygen atoms in total. The van der Waals surface area contributed by atoms with Crippen molar-refractivity contribution in [3.05, 3.63) is 40.6 Å². The Balaban J connectivity index is 2.82. The predicted molar refractivity (Wildman–Crippen MR) is 62.9 cm³/mol. The normalized spacial score (nSPS) is 10.7. The first kappa shape index (κ1) is 10.6. The van der Waals surface area contributed by atoms with Crippen LogP contribution in [0.3, 0.4) is 0 Å². The fourth-order valence-corrected chi connectivity index (χ4v) is 1.80. The van der Waals surface area contributed by atoms with Gasteiger partial charge in [0, 0.05) is 11.1 Å². The van der Waals surface area contributed by atoms with Crippen LogP contribution in [0.2, 0.25) is 0 Å². The average Bonchev–Trinajstić information content (AvgIpc) is 2.25. The van der Waals surface area contributed by atoms with Crippen LogP contribution in [0.15, 0.2) is 18.2 Å². The number of fused-ring (bicyclic) bond motifs is 1. The van der Waals surface area contributed by atoms with E-state index >= 15 is 0 Å². The second kappa shape index (κ2) is 3.59. The smallest absolute Gasteiger partial charge is 0.335 e. The lowest BCUT2D eigenvalue weighted by Gasteiger charge is -2.09. The molecule has 0 aliphatic heterocycles. The predicted octanol–water partition coefficient (Wildman–Crippen LogP) is 2.86. The topological polar surface area (TPSA) is 50.2 Å². The largest absolute Gasteiger partial charge is 0.478 e. The summed E-state index contributed by atoms with van der Waals surface area (Å²) in [5.74, 6) is -0.903. The average molecular weight is 215 g/mol. The van der Waals surface area contributed by atoms with E-state index in [1.807, 2.05) is 20.8 Å². The number of carboxylic acid groups (broad SMARTS) is 1. The van der Waals surface area contributed by atoms with Crippen molar-refractivity contribution >= 4 is 16.9 Å². The number of rotatable bonds is 1. The quantitative estimate of drug-likeness (QED) is 0.795. The van der Waals surface area contributed by atoms with Crippen molar-refractivity contribution in [2.45, 2.75) is 20.8 Å². The Hall–Kier alpha value is -1.90. The van der Waals surface area contributed by atoms with Gasteiger partial charge in [-0.15, -0.1) is 0 Å². The van der Waals surface area contributed by atoms with Gasteiger partial charge in [0.25, 0.3) is 0 Å². The molecule has 1 heterocycles. The Bertz CT molecular complexity index is 588. The number of carbonyl (C=O) groups is 1. The van der Waals surface area contributed by atoms with Gasteiger partial charge in [0.1, 0.15) is 0 Å². The maximum absolute atomic E-state index is 10.9. The van der Waals surface area contributed by atoms with Crippen LogP contribution >= 0.6 is 0 Å². The van der Waals surface area contributed by atoms with Gasteiger partial charge in [-0.3, -0.25) is 4.98 Å². The summed E-state index contributed by atoms with van der Waals surface area (Å²) < 4.78 is 0. The van der Waals surface area contributed by atoms with E-state index in [2.05, 4.69) is 4.98 Å². The maximum atomic E-state index is 10.9. The van der Waals surface area contributed by atoms with Gasteiger partial charge in [0.2, 0.25) is 0 Å². The Kier molecular flexibility index (Phi) is 2.38. The summed E-state index contributed by atoms with van der Waals surface area (Å²) in [6, 6.07) is 5.04. The summed E-state index contributed by atoms with van der Waals surface area (Å²) in [5.41, 5.74) is 4.37. The van der Waals surface area contributed by atoms with Crippen molar-refractivity contribution < 1.29 is 9.90 Å². The van der Waals surface area contributed by atoms with Crippen molar-refractivity contribution in [1.29, 1.82) is 0 Å². The highest BCUT2D eigenvalue weighted by molar-refractivity contribution is 5.94. The Morgan fingerprint density at radius 1 is 1.19 bits per heavy atom. The van der Waals surface area contributed by atoms with E-state index in [9.17, 15) is 4.79 Å². The third-order valence-electron chi connectivity index (χ3n) is 3.04. The Labute approximate surface area is 93.7 Å². The standard InChI is InChI=1S/C13H13NO2/c1-7-8(2)11-6-10(13(15)16)4-5-12(11)14-9(7)3/h4-6H,1-3H3,(H,15,16). The monoisotopic (exact) mass is 215 g/mol. The molecule has 82 valence electrons. The molecule has 1 aromatic heterocycles. The molecule has 0 amide bonds. The zero-order valence-corrected chi connectivity index (χ0v) is 9.53. The summed E-state index contributed by atoms with van der Waals surface area (Å²) in [4.78, 5) is 15.3. The molecule has 0 saturated heterocycles. The van der Waals surface area contributed by atoms with Crippen LogP contribution in [0.5, 0.6) is 0 Å². The molecule has 0 saturated carbocycles. The summed E-state index contributed by atoms with van der Waals surface area (Å²) in [6.45, 7) is 5.97. The number of hydrogen-bond donors (Lipinski definition) is 1. The fraction of sp³-hybridized carbons (Fsp3) is 0.231. The second-order valence-electron chi connectivity index (χ2n) is 3.98. The van der Waals surface area contributed by atoms with E-state index in [1.165, 1.54) is 0 Å². The molecule has 0 aliphatic rings. The van der Waals surface area contributed by atoms with Crippen molar-refractivity contribution in [3.8, 4) is 0 Å². The summed E-state index contributed by atoms with van der Waals surface area (Å²) in [6.07, 6.45) is 0. The highest BCUT2D eigenvalue weighted by atomic mass is 16.4. The van der Waals surface area contributed by atoms with Crippen molar-refractivity contribution in [3.63, 3.8) is 0 Å². The summed E-state index contributed by atoms with van der Waals surface area (Å²) in [5, 5.41) is 9.86. The third kappa shape index (κ3) is 1.54. The molecule has 0 atom stereocenters. The van der Waals surface area contributed by atoms with Crippen LogP contribution in [-0.4, -0.2) is 16.1 Å². The van der Waals surface area contributed by atoms with Crippen LogP contribution in [0.4, 0.5) is 0 Å². The molecule has 0 spiro atoms. The lowest BCUT2D eigenvalue weighted by atomic mass is 10.0. The maximum Gasteiger partial charge on any atom is 0.335 e. The number of aryl methyl sites for hydroxylation is 2. The van der Waals surface area contributed by atoms with Crippen LogP contribution in [-0.2, 0) is 0 Å². The van der Waals surface area contributed by atoms with Gasteiger partial charge in [-0.25, -0.2) is 4.79 Å². The molecule has 2 aromatic rings. The lowest BCUT2D eigenvalue weighted by Crippen LogP contribution is -1.98. The van der Waals surface area contributed by atoms with E-state index in [-0.39, 0.29) is 0 Å². The van der Waals surface area contributed by atoms with Crippen LogP contribution in [0.1, 0.15) is 27.2 Å². The summed E-state index contributed by atoms with van der Waals surface area (Å²) in [7, 11) is 0. The number of nitrogens with zero attached hydrogens (tertiary/aromatic N) is 1. The van der Waals surface area contributed by atoms with Crippen LogP contribution < -0.4 is 0 Å². The molecule has 0 bridgehead atoms. The highest BCUT2D eigenvalue weighted by Gasteiger charge is 2.09. The first-order valence-electron chi connectivity index (χ1n) is 5.11. The highest BCUT2D eigenvalue weighted by Crippen LogP contribution is 2.23. The molecule has 1 aromatic carbocycles. The lowest BCUT2D eigenvalue weighted by molar-refractivity contribution is 0.0697. The number of hydrogen-bond acceptors (Lipinski definition) is 2. The van der Waals surface area contributed by atoms with E-state index in [4.69, 9.17) is 5.11 Å². The molecule has 3 heteroatoms. The van der Waals surface area contributed by atoms with Gasteiger partial charge in [-0.05, 0) is 50.1 Å². The summed E-state index contributed by atoms with van der Waals surface area (Å²) >= 11 is 0. The SMILES string of the molecule is Cc1nc2ccc(C(=O)O)cc2c(C)c1C. The van der Waals surface area contributed by atoms with Crippen molar-refractivity contribution in [2.24, 2.45) is 0 Å². The number of carboxylic acids is 1. The molecule has 16 heavy (non-hydrogen) atoms. The molecule has 0 radical (unpaired) electrons. The van der Waals surface area contributed by atoms with Crippen LogP contribution in [0, 0.1) is 20.8 Å². The molecular formula is C13H13NO2. The van der Waals surface area contributed by atoms with E-state index in [1.54, 1.807) is 18.2 Å². The van der Waals surface area contributed by atoms with E-state index < -0.39 is 5.97 Å². The molecule has 0 fully saturated rings. The molecule has 2 rings (SSSR count). The van der Waals surface area contributed by atoms with Gasteiger partial charge in [0.05, 0.1) is 11.1 Å². The number of benzene rings is 1. The minimum atomic E-state index is -0.903. The van der Waals surface area contributed by atoms with Gasteiger partial charge in [-0.2, -0.15) is 0 Å². The number of pyridine rings is 1. The Morgan fingerprint density at radius 3 is 2.50 bits per heavy atom. The minimum absolute atomic E-state index is 0.306. The zero-order chi connectivity index (χ0) is 11.9. The number of aromatic nitrogens is 1. The van der Waals surface area contributed by atoms with Gasteiger partial charge in [0.15, 0.2) is 0 Å². The van der Waals surface area contributed by atoms with Gasteiger partial charge in [-0.1, -0.05) is 0 Å². The van der Waals surface area contributed by atoms with E-state index in [0.29, 0.717) is 5.56 Å². The molecule has 1 N–H and O–H groups in total. The minimum Gasteiger partial charge on any atom is -0.478 e. The first-order chi connectivity index (χ1) is 7.50. The fourth-order valence-electron chi connectivity index (χ4n) is 1.80. The van der Waals surface area contributed by atoms with E-state index in [0.717, 1.165) is 27.7 Å². The van der Waals surface area contributed by atoms with Gasteiger partial charge >= 0.3 is 5.97 Å². The molecule has 0 unspecified atom stereocenters. The van der Waals surface area contributed by atoms with Gasteiger partial charge < -0.3 is 5.11 Å². The zero-order valence-electron chi connectivity index (χ0n) is 9.53. The third-order valence-corrected chi connectivity index (χ3v) is 3.04. The number of aromatic carboxylic acids is 1. The van der Waals surface area contributed by atoms with Crippen molar-refractivity contribution in [1.82, 2.24) is 4.98 Å².